The molecule has 3 aromatic rings. The zero-order chi connectivity index (χ0) is 19.9. The Morgan fingerprint density at radius 2 is 1.64 bits per heavy atom. The highest BCUT2D eigenvalue weighted by Crippen LogP contribution is 2.15. The van der Waals surface area contributed by atoms with E-state index in [4.69, 9.17) is 4.74 Å². The number of hydrogen-bond acceptors (Lipinski definition) is 5. The molecule has 0 aromatic heterocycles. The van der Waals surface area contributed by atoms with Crippen molar-refractivity contribution in [1.82, 2.24) is 5.43 Å². The van der Waals surface area contributed by atoms with E-state index in [2.05, 4.69) is 10.5 Å². The molecule has 140 valence electrons. The largest absolute Gasteiger partial charge is 0.508 e. The van der Waals surface area contributed by atoms with Crippen LogP contribution in [0.1, 0.15) is 26.3 Å². The third-order valence-electron chi connectivity index (χ3n) is 3.69. The number of hydrazone groups is 1. The standard InChI is InChI=1S/C21H15FN2O4/c22-19-4-2-1-3-18(19)21(27)28-17-11-5-14(6-12-17)13-23-24-20(26)15-7-9-16(25)10-8-15/h1-13,25H,(H,24,26). The number of carbonyl (C=O) groups is 2. The molecule has 0 fully saturated rings. The van der Waals surface area contributed by atoms with Crippen LogP contribution in [-0.2, 0) is 0 Å². The van der Waals surface area contributed by atoms with Crippen LogP contribution in [0.2, 0.25) is 0 Å². The zero-order valence-electron chi connectivity index (χ0n) is 14.5. The van der Waals surface area contributed by atoms with Gasteiger partial charge in [-0.3, -0.25) is 4.79 Å². The summed E-state index contributed by atoms with van der Waals surface area (Å²) in [6.45, 7) is 0. The van der Waals surface area contributed by atoms with E-state index in [9.17, 15) is 19.1 Å². The zero-order valence-corrected chi connectivity index (χ0v) is 14.5. The molecule has 7 heteroatoms. The van der Waals surface area contributed by atoms with Crippen molar-refractivity contribution in [1.29, 1.82) is 0 Å². The Labute approximate surface area is 159 Å². The Kier molecular flexibility index (Phi) is 5.76. The Hall–Kier alpha value is -4.00. The van der Waals surface area contributed by atoms with Gasteiger partial charge in [0.15, 0.2) is 0 Å². The first-order valence-electron chi connectivity index (χ1n) is 8.22. The fourth-order valence-electron chi connectivity index (χ4n) is 2.25. The average Bonchev–Trinajstić information content (AvgIpc) is 2.70. The van der Waals surface area contributed by atoms with Gasteiger partial charge in [0.05, 0.1) is 11.8 Å². The SMILES string of the molecule is O=C(NN=Cc1ccc(OC(=O)c2ccccc2F)cc1)c1ccc(O)cc1. The minimum absolute atomic E-state index is 0.0656. The molecule has 1 amide bonds. The second-order valence-corrected chi connectivity index (χ2v) is 5.68. The van der Waals surface area contributed by atoms with E-state index in [0.29, 0.717) is 11.1 Å². The maximum atomic E-state index is 13.6. The number of benzene rings is 3. The van der Waals surface area contributed by atoms with Crippen molar-refractivity contribution in [2.45, 2.75) is 0 Å². The number of amides is 1. The van der Waals surface area contributed by atoms with Crippen molar-refractivity contribution in [2.75, 3.05) is 0 Å². The molecular weight excluding hydrogens is 363 g/mol. The number of esters is 1. The molecule has 0 unspecified atom stereocenters. The van der Waals surface area contributed by atoms with Crippen LogP contribution in [0.15, 0.2) is 77.9 Å². The summed E-state index contributed by atoms with van der Waals surface area (Å²) in [5.74, 6) is -1.55. The number of ether oxygens (including phenoxy) is 1. The van der Waals surface area contributed by atoms with Crippen molar-refractivity contribution < 1.29 is 23.8 Å². The van der Waals surface area contributed by atoms with Crippen LogP contribution in [0, 0.1) is 5.82 Å². The first kappa shape index (κ1) is 18.8. The number of aromatic hydroxyl groups is 1. The molecular formula is C21H15FN2O4. The van der Waals surface area contributed by atoms with Gasteiger partial charge >= 0.3 is 5.97 Å². The number of carbonyl (C=O) groups excluding carboxylic acids is 2. The molecule has 0 radical (unpaired) electrons. The van der Waals surface area contributed by atoms with Gasteiger partial charge in [0.1, 0.15) is 17.3 Å². The predicted octanol–water partition coefficient (Wildman–Crippen LogP) is 3.51. The summed E-state index contributed by atoms with van der Waals surface area (Å²) in [6.07, 6.45) is 1.42. The normalized spacial score (nSPS) is 10.6. The summed E-state index contributed by atoms with van der Waals surface area (Å²) in [6, 6.07) is 17.6. The monoisotopic (exact) mass is 378 g/mol. The van der Waals surface area contributed by atoms with Crippen LogP contribution in [-0.4, -0.2) is 23.2 Å². The van der Waals surface area contributed by atoms with Crippen LogP contribution in [0.3, 0.4) is 0 Å². The third kappa shape index (κ3) is 4.79. The minimum Gasteiger partial charge on any atom is -0.508 e. The van der Waals surface area contributed by atoms with Crippen LogP contribution in [0.4, 0.5) is 4.39 Å². The molecule has 0 saturated heterocycles. The molecule has 6 nitrogen and oxygen atoms in total. The van der Waals surface area contributed by atoms with E-state index in [0.717, 1.165) is 0 Å². The molecule has 0 heterocycles. The maximum Gasteiger partial charge on any atom is 0.346 e. The Morgan fingerprint density at radius 3 is 2.32 bits per heavy atom. The van der Waals surface area contributed by atoms with Gasteiger partial charge in [0.2, 0.25) is 0 Å². The van der Waals surface area contributed by atoms with Crippen LogP contribution >= 0.6 is 0 Å². The Balaban J connectivity index is 1.57. The smallest absolute Gasteiger partial charge is 0.346 e. The Bertz CT molecular complexity index is 1020. The van der Waals surface area contributed by atoms with Crippen molar-refractivity contribution in [3.05, 3.63) is 95.3 Å². The quantitative estimate of drug-likeness (QED) is 0.308. The number of halogens is 1. The topological polar surface area (TPSA) is 88.0 Å². The van der Waals surface area contributed by atoms with E-state index < -0.39 is 17.7 Å². The lowest BCUT2D eigenvalue weighted by atomic mass is 10.2. The first-order chi connectivity index (χ1) is 13.5. The van der Waals surface area contributed by atoms with E-state index in [-0.39, 0.29) is 17.1 Å². The molecule has 3 rings (SSSR count). The maximum absolute atomic E-state index is 13.6. The highest BCUT2D eigenvalue weighted by atomic mass is 19.1. The number of nitrogens with zero attached hydrogens (tertiary/aromatic N) is 1. The van der Waals surface area contributed by atoms with Gasteiger partial charge in [-0.1, -0.05) is 12.1 Å². The fourth-order valence-corrected chi connectivity index (χ4v) is 2.25. The second kappa shape index (κ2) is 8.59. The number of hydrogen-bond donors (Lipinski definition) is 2. The number of phenols is 1. The predicted molar refractivity (Wildman–Crippen MR) is 101 cm³/mol. The molecule has 2 N–H and O–H groups in total. The summed E-state index contributed by atoms with van der Waals surface area (Å²) < 4.78 is 18.7. The summed E-state index contributed by atoms with van der Waals surface area (Å²) >= 11 is 0. The van der Waals surface area contributed by atoms with E-state index >= 15 is 0 Å². The first-order valence-corrected chi connectivity index (χ1v) is 8.22. The van der Waals surface area contributed by atoms with Gasteiger partial charge in [-0.25, -0.2) is 14.6 Å². The van der Waals surface area contributed by atoms with Gasteiger partial charge in [0, 0.05) is 5.56 Å². The van der Waals surface area contributed by atoms with Gasteiger partial charge in [-0.15, -0.1) is 0 Å². The minimum atomic E-state index is -0.791. The van der Waals surface area contributed by atoms with Crippen LogP contribution in [0.5, 0.6) is 11.5 Å². The molecule has 0 atom stereocenters. The summed E-state index contributed by atoms with van der Waals surface area (Å²) in [7, 11) is 0. The fraction of sp³-hybridized carbons (Fsp3) is 0. The lowest BCUT2D eigenvalue weighted by molar-refractivity contribution is 0.0729. The van der Waals surface area contributed by atoms with E-state index in [1.54, 1.807) is 18.2 Å². The number of rotatable bonds is 5. The van der Waals surface area contributed by atoms with Crippen molar-refractivity contribution >= 4 is 18.1 Å². The molecule has 0 spiro atoms. The van der Waals surface area contributed by atoms with Gasteiger partial charge in [-0.2, -0.15) is 5.10 Å². The lowest BCUT2D eigenvalue weighted by Gasteiger charge is -2.05. The van der Waals surface area contributed by atoms with Crippen LogP contribution < -0.4 is 10.2 Å². The molecule has 3 aromatic carbocycles. The molecule has 0 aliphatic heterocycles. The Morgan fingerprint density at radius 1 is 0.964 bits per heavy atom. The third-order valence-corrected chi connectivity index (χ3v) is 3.69. The summed E-state index contributed by atoms with van der Waals surface area (Å²) in [5.41, 5.74) is 3.22. The van der Waals surface area contributed by atoms with E-state index in [1.165, 1.54) is 60.8 Å². The van der Waals surface area contributed by atoms with E-state index in [1.807, 2.05) is 0 Å². The van der Waals surface area contributed by atoms with Gasteiger partial charge in [-0.05, 0) is 66.2 Å². The summed E-state index contributed by atoms with van der Waals surface area (Å²) in [4.78, 5) is 23.9. The van der Waals surface area contributed by atoms with Crippen molar-refractivity contribution in [3.63, 3.8) is 0 Å². The summed E-state index contributed by atoms with van der Waals surface area (Å²) in [5, 5.41) is 13.1. The van der Waals surface area contributed by atoms with Gasteiger partial charge in [0.25, 0.3) is 5.91 Å². The molecule has 0 aliphatic carbocycles. The highest BCUT2D eigenvalue weighted by Gasteiger charge is 2.13. The molecule has 0 aliphatic rings. The average molecular weight is 378 g/mol. The molecule has 0 bridgehead atoms. The molecule has 28 heavy (non-hydrogen) atoms. The lowest BCUT2D eigenvalue weighted by Crippen LogP contribution is -2.17. The number of phenolic OH excluding ortho intramolecular Hbond substituents is 1. The van der Waals surface area contributed by atoms with Crippen molar-refractivity contribution in [3.8, 4) is 11.5 Å². The second-order valence-electron chi connectivity index (χ2n) is 5.68. The van der Waals surface area contributed by atoms with Gasteiger partial charge < -0.3 is 9.84 Å². The van der Waals surface area contributed by atoms with Crippen LogP contribution in [0.25, 0.3) is 0 Å². The number of nitrogens with one attached hydrogen (secondary N) is 1. The van der Waals surface area contributed by atoms with Crippen molar-refractivity contribution in [2.24, 2.45) is 5.10 Å². The molecule has 0 saturated carbocycles. The highest BCUT2D eigenvalue weighted by molar-refractivity contribution is 5.95.